The van der Waals surface area contributed by atoms with E-state index < -0.39 is 0 Å². The molecule has 1 aromatic rings. The largest absolute Gasteiger partial charge is 0.385 e. The van der Waals surface area contributed by atoms with Gasteiger partial charge in [0.05, 0.1) is 5.69 Å². The third kappa shape index (κ3) is 4.80. The van der Waals surface area contributed by atoms with E-state index in [0.29, 0.717) is 5.92 Å². The Morgan fingerprint density at radius 1 is 1.40 bits per heavy atom. The minimum absolute atomic E-state index is 0.662. The summed E-state index contributed by atoms with van der Waals surface area (Å²) in [4.78, 5) is 2.27. The van der Waals surface area contributed by atoms with Crippen LogP contribution >= 0.6 is 0 Å². The Bertz CT molecular complexity index is 401. The number of aryl methyl sites for hydroxylation is 2. The fraction of sp³-hybridized carbons (Fsp3) is 0.800. The highest BCUT2D eigenvalue weighted by Crippen LogP contribution is 2.22. The lowest BCUT2D eigenvalue weighted by molar-refractivity contribution is 0.196. The van der Waals surface area contributed by atoms with Gasteiger partial charge in [0.25, 0.3) is 0 Å². The van der Waals surface area contributed by atoms with Crippen LogP contribution in [0.2, 0.25) is 0 Å². The minimum atomic E-state index is 0.662. The average Bonchev–Trinajstić information content (AvgIpc) is 2.64. The molecule has 5 nitrogen and oxygen atoms in total. The Hall–Kier alpha value is -1.07. The molecule has 1 heterocycles. The molecule has 0 aliphatic carbocycles. The summed E-state index contributed by atoms with van der Waals surface area (Å²) in [5.41, 5.74) is 2.41. The van der Waals surface area contributed by atoms with Gasteiger partial charge in [-0.2, -0.15) is 5.10 Å². The van der Waals surface area contributed by atoms with E-state index in [1.807, 2.05) is 11.7 Å². The molecule has 0 aliphatic rings. The summed E-state index contributed by atoms with van der Waals surface area (Å²) in [7, 11) is 5.88. The molecule has 0 saturated carbocycles. The maximum absolute atomic E-state index is 5.12. The Balaban J connectivity index is 2.72. The first-order valence-electron chi connectivity index (χ1n) is 7.40. The number of hydrogen-bond acceptors (Lipinski definition) is 4. The van der Waals surface area contributed by atoms with Crippen molar-refractivity contribution in [1.82, 2.24) is 15.1 Å². The maximum atomic E-state index is 5.12. The Kier molecular flexibility index (Phi) is 7.02. The number of anilines is 1. The SMILES string of the molecule is COCCCN(C)c1c(CNCC(C)C)c(C)nn1C. The van der Waals surface area contributed by atoms with Crippen molar-refractivity contribution in [2.24, 2.45) is 13.0 Å². The van der Waals surface area contributed by atoms with Crippen molar-refractivity contribution in [2.45, 2.75) is 33.7 Å². The van der Waals surface area contributed by atoms with E-state index in [4.69, 9.17) is 4.74 Å². The van der Waals surface area contributed by atoms with Gasteiger partial charge in [0.2, 0.25) is 0 Å². The molecule has 116 valence electrons. The van der Waals surface area contributed by atoms with Gasteiger partial charge in [-0.25, -0.2) is 0 Å². The highest BCUT2D eigenvalue weighted by molar-refractivity contribution is 5.49. The third-order valence-electron chi connectivity index (χ3n) is 3.37. The van der Waals surface area contributed by atoms with E-state index in [0.717, 1.165) is 38.4 Å². The topological polar surface area (TPSA) is 42.3 Å². The lowest BCUT2D eigenvalue weighted by Gasteiger charge is -2.21. The summed E-state index contributed by atoms with van der Waals surface area (Å²) in [6, 6.07) is 0. The number of nitrogens with one attached hydrogen (secondary N) is 1. The Morgan fingerprint density at radius 2 is 2.10 bits per heavy atom. The van der Waals surface area contributed by atoms with Crippen LogP contribution in [0.25, 0.3) is 0 Å². The van der Waals surface area contributed by atoms with Gasteiger partial charge in [-0.3, -0.25) is 4.68 Å². The normalized spacial score (nSPS) is 11.3. The summed E-state index contributed by atoms with van der Waals surface area (Å²) in [6.45, 7) is 10.2. The van der Waals surface area contributed by atoms with Crippen molar-refractivity contribution in [3.8, 4) is 0 Å². The molecule has 0 atom stereocenters. The fourth-order valence-corrected chi connectivity index (χ4v) is 2.41. The van der Waals surface area contributed by atoms with Gasteiger partial charge >= 0.3 is 0 Å². The molecule has 1 rings (SSSR count). The second kappa shape index (κ2) is 8.27. The first kappa shape index (κ1) is 17.0. The average molecular weight is 282 g/mol. The summed E-state index contributed by atoms with van der Waals surface area (Å²) in [5, 5.41) is 8.07. The van der Waals surface area contributed by atoms with Gasteiger partial charge in [0.15, 0.2) is 0 Å². The Labute approximate surface area is 123 Å². The number of hydrogen-bond donors (Lipinski definition) is 1. The molecule has 0 unspecified atom stereocenters. The lowest BCUT2D eigenvalue weighted by atomic mass is 10.2. The van der Waals surface area contributed by atoms with E-state index in [-0.39, 0.29) is 0 Å². The molecule has 0 saturated heterocycles. The van der Waals surface area contributed by atoms with Crippen LogP contribution in [0.1, 0.15) is 31.5 Å². The van der Waals surface area contributed by atoms with Gasteiger partial charge < -0.3 is 15.0 Å². The first-order chi connectivity index (χ1) is 9.47. The minimum Gasteiger partial charge on any atom is -0.385 e. The molecule has 0 spiro atoms. The fourth-order valence-electron chi connectivity index (χ4n) is 2.41. The highest BCUT2D eigenvalue weighted by atomic mass is 16.5. The van der Waals surface area contributed by atoms with E-state index in [1.54, 1.807) is 7.11 Å². The predicted molar refractivity (Wildman–Crippen MR) is 84.3 cm³/mol. The zero-order valence-electron chi connectivity index (χ0n) is 13.9. The summed E-state index contributed by atoms with van der Waals surface area (Å²) >= 11 is 0. The highest BCUT2D eigenvalue weighted by Gasteiger charge is 2.16. The third-order valence-corrected chi connectivity index (χ3v) is 3.37. The van der Waals surface area contributed by atoms with Crippen LogP contribution in [-0.4, -0.2) is 43.6 Å². The van der Waals surface area contributed by atoms with Crippen LogP contribution < -0.4 is 10.2 Å². The molecule has 20 heavy (non-hydrogen) atoms. The maximum Gasteiger partial charge on any atom is 0.131 e. The van der Waals surface area contributed by atoms with Crippen molar-refractivity contribution >= 4 is 5.82 Å². The van der Waals surface area contributed by atoms with Crippen molar-refractivity contribution < 1.29 is 4.74 Å². The summed E-state index contributed by atoms with van der Waals surface area (Å²) in [6.07, 6.45) is 1.02. The molecule has 0 aliphatic heterocycles. The standard InChI is InChI=1S/C15H30N4O/c1-12(2)10-16-11-14-13(3)17-19(5)15(14)18(4)8-7-9-20-6/h12,16H,7-11H2,1-6H3. The van der Waals surface area contributed by atoms with E-state index in [2.05, 4.69) is 43.1 Å². The van der Waals surface area contributed by atoms with Crippen molar-refractivity contribution in [3.05, 3.63) is 11.3 Å². The van der Waals surface area contributed by atoms with Crippen molar-refractivity contribution in [1.29, 1.82) is 0 Å². The van der Waals surface area contributed by atoms with Crippen LogP contribution in [-0.2, 0) is 18.3 Å². The van der Waals surface area contributed by atoms with Gasteiger partial charge in [-0.05, 0) is 25.8 Å². The molecule has 0 radical (unpaired) electrons. The first-order valence-corrected chi connectivity index (χ1v) is 7.40. The molecule has 5 heteroatoms. The van der Waals surface area contributed by atoms with Crippen molar-refractivity contribution in [2.75, 3.05) is 38.8 Å². The second-order valence-electron chi connectivity index (χ2n) is 5.80. The number of methoxy groups -OCH3 is 1. The summed E-state index contributed by atoms with van der Waals surface area (Å²) < 4.78 is 7.10. The van der Waals surface area contributed by atoms with Gasteiger partial charge in [0, 0.05) is 46.5 Å². The van der Waals surface area contributed by atoms with Crippen LogP contribution in [0.15, 0.2) is 0 Å². The molecule has 1 aromatic heterocycles. The Morgan fingerprint density at radius 3 is 2.70 bits per heavy atom. The lowest BCUT2D eigenvalue weighted by Crippen LogP contribution is -2.25. The second-order valence-corrected chi connectivity index (χ2v) is 5.80. The van der Waals surface area contributed by atoms with Crippen molar-refractivity contribution in [3.63, 3.8) is 0 Å². The van der Waals surface area contributed by atoms with E-state index >= 15 is 0 Å². The molecular formula is C15H30N4O. The molecule has 0 amide bonds. The molecule has 0 aromatic carbocycles. The van der Waals surface area contributed by atoms with E-state index in [9.17, 15) is 0 Å². The molecule has 0 bridgehead atoms. The zero-order valence-corrected chi connectivity index (χ0v) is 13.9. The van der Waals surface area contributed by atoms with Crippen LogP contribution in [0.5, 0.6) is 0 Å². The number of nitrogens with zero attached hydrogens (tertiary/aromatic N) is 3. The molecular weight excluding hydrogens is 252 g/mol. The van der Waals surface area contributed by atoms with Crippen LogP contribution in [0, 0.1) is 12.8 Å². The predicted octanol–water partition coefficient (Wildman–Crippen LogP) is 1.95. The number of aromatic nitrogens is 2. The smallest absolute Gasteiger partial charge is 0.131 e. The van der Waals surface area contributed by atoms with E-state index in [1.165, 1.54) is 11.4 Å². The van der Waals surface area contributed by atoms with Gasteiger partial charge in [-0.1, -0.05) is 13.8 Å². The molecule has 0 fully saturated rings. The van der Waals surface area contributed by atoms with Crippen LogP contribution in [0.4, 0.5) is 5.82 Å². The molecule has 1 N–H and O–H groups in total. The number of rotatable bonds is 9. The van der Waals surface area contributed by atoms with Gasteiger partial charge in [0.1, 0.15) is 5.82 Å². The quantitative estimate of drug-likeness (QED) is 0.703. The monoisotopic (exact) mass is 282 g/mol. The number of ether oxygens (including phenoxy) is 1. The zero-order chi connectivity index (χ0) is 15.1. The van der Waals surface area contributed by atoms with Crippen LogP contribution in [0.3, 0.4) is 0 Å². The van der Waals surface area contributed by atoms with Gasteiger partial charge in [-0.15, -0.1) is 0 Å². The summed E-state index contributed by atoms with van der Waals surface area (Å²) in [5.74, 6) is 1.87.